The van der Waals surface area contributed by atoms with Gasteiger partial charge in [-0.25, -0.2) is 0 Å². The molecule has 0 saturated carbocycles. The molecule has 5 nitrogen and oxygen atoms in total. The summed E-state index contributed by atoms with van der Waals surface area (Å²) >= 11 is 0. The third-order valence-corrected chi connectivity index (χ3v) is 5.42. The predicted molar refractivity (Wildman–Crippen MR) is 113 cm³/mol. The van der Waals surface area contributed by atoms with Gasteiger partial charge in [0.05, 0.1) is 12.5 Å². The van der Waals surface area contributed by atoms with Gasteiger partial charge in [0.2, 0.25) is 11.8 Å². The van der Waals surface area contributed by atoms with Crippen LogP contribution in [0, 0.1) is 0 Å². The van der Waals surface area contributed by atoms with Gasteiger partial charge in [0.15, 0.2) is 0 Å². The van der Waals surface area contributed by atoms with Crippen LogP contribution in [0.15, 0.2) is 48.1 Å². The lowest BCUT2D eigenvalue weighted by molar-refractivity contribution is -0.133. The minimum atomic E-state index is -0.400. The molecule has 5 heteroatoms. The molecule has 1 heterocycles. The Morgan fingerprint density at radius 2 is 2.11 bits per heavy atom. The number of carbonyl (C=O) groups is 2. The van der Waals surface area contributed by atoms with Crippen molar-refractivity contribution in [3.8, 4) is 0 Å². The summed E-state index contributed by atoms with van der Waals surface area (Å²) < 4.78 is 0. The molecule has 2 amide bonds. The first-order valence-electron chi connectivity index (χ1n) is 10.4. The van der Waals surface area contributed by atoms with E-state index in [9.17, 15) is 9.59 Å². The van der Waals surface area contributed by atoms with Crippen LogP contribution in [0.3, 0.4) is 0 Å². The molecule has 1 aliphatic heterocycles. The summed E-state index contributed by atoms with van der Waals surface area (Å²) in [7, 11) is 0. The summed E-state index contributed by atoms with van der Waals surface area (Å²) in [6, 6.07) is 9.70. The van der Waals surface area contributed by atoms with Gasteiger partial charge in [-0.05, 0) is 37.7 Å². The maximum Gasteiger partial charge on any atom is 0.237 e. The molecule has 1 aromatic rings. The van der Waals surface area contributed by atoms with Crippen molar-refractivity contribution < 1.29 is 9.59 Å². The van der Waals surface area contributed by atoms with E-state index in [1.807, 2.05) is 30.3 Å². The molecule has 2 N–H and O–H groups in total. The van der Waals surface area contributed by atoms with Crippen molar-refractivity contribution in [1.29, 1.82) is 0 Å². The van der Waals surface area contributed by atoms with Crippen LogP contribution < -0.4 is 10.6 Å². The van der Waals surface area contributed by atoms with Gasteiger partial charge in [-0.1, -0.05) is 54.1 Å². The molecule has 1 atom stereocenters. The van der Waals surface area contributed by atoms with E-state index >= 15 is 0 Å². The molecule has 0 radical (unpaired) electrons. The van der Waals surface area contributed by atoms with Gasteiger partial charge in [-0.15, -0.1) is 0 Å². The molecule has 0 bridgehead atoms. The maximum atomic E-state index is 12.4. The first-order chi connectivity index (χ1) is 13.7. The fraction of sp³-hybridized carbons (Fsp3) is 0.478. The Bertz CT molecular complexity index is 712. The van der Waals surface area contributed by atoms with Crippen LogP contribution in [0.5, 0.6) is 0 Å². The number of hydrogen-bond donors (Lipinski definition) is 2. The highest BCUT2D eigenvalue weighted by molar-refractivity contribution is 5.88. The molecule has 0 aromatic heterocycles. The van der Waals surface area contributed by atoms with E-state index in [2.05, 4.69) is 33.8 Å². The van der Waals surface area contributed by atoms with E-state index in [0.717, 1.165) is 31.4 Å². The summed E-state index contributed by atoms with van der Waals surface area (Å²) in [4.78, 5) is 26.8. The van der Waals surface area contributed by atoms with Crippen LogP contribution >= 0.6 is 0 Å². The number of benzene rings is 1. The Morgan fingerprint density at radius 1 is 1.25 bits per heavy atom. The molecular formula is C23H31N3O2. The molecular weight excluding hydrogens is 350 g/mol. The number of amides is 2. The van der Waals surface area contributed by atoms with Crippen LogP contribution in [-0.2, 0) is 9.59 Å². The van der Waals surface area contributed by atoms with E-state index in [-0.39, 0.29) is 18.2 Å². The Labute approximate surface area is 167 Å². The molecule has 1 aromatic carbocycles. The summed E-state index contributed by atoms with van der Waals surface area (Å²) in [5.74, 6) is -0.0972. The molecule has 1 saturated heterocycles. The zero-order valence-electron chi connectivity index (χ0n) is 16.5. The lowest BCUT2D eigenvalue weighted by atomic mass is 9.97. The molecule has 0 spiro atoms. The lowest BCUT2D eigenvalue weighted by Crippen LogP contribution is -2.56. The van der Waals surface area contributed by atoms with Crippen molar-refractivity contribution in [1.82, 2.24) is 15.5 Å². The van der Waals surface area contributed by atoms with Crippen LogP contribution in [0.25, 0.3) is 6.08 Å². The molecule has 2 aliphatic rings. The van der Waals surface area contributed by atoms with Crippen molar-refractivity contribution in [2.45, 2.75) is 44.6 Å². The summed E-state index contributed by atoms with van der Waals surface area (Å²) in [6.45, 7) is 2.71. The van der Waals surface area contributed by atoms with Crippen molar-refractivity contribution >= 4 is 17.9 Å². The van der Waals surface area contributed by atoms with Crippen LogP contribution in [-0.4, -0.2) is 48.9 Å². The smallest absolute Gasteiger partial charge is 0.237 e. The average Bonchev–Trinajstić information content (AvgIpc) is 2.72. The summed E-state index contributed by atoms with van der Waals surface area (Å²) in [5.41, 5.74) is 2.59. The molecule has 3 rings (SSSR count). The zero-order chi connectivity index (χ0) is 19.6. The number of rotatable bonds is 8. The maximum absolute atomic E-state index is 12.4. The number of allylic oxidation sites excluding steroid dienone is 1. The third kappa shape index (κ3) is 6.34. The second-order valence-electron chi connectivity index (χ2n) is 7.53. The van der Waals surface area contributed by atoms with Crippen molar-refractivity contribution in [2.24, 2.45) is 0 Å². The highest BCUT2D eigenvalue weighted by atomic mass is 16.2. The van der Waals surface area contributed by atoms with Crippen LogP contribution in [0.1, 0.15) is 44.1 Å². The third-order valence-electron chi connectivity index (χ3n) is 5.42. The first kappa shape index (κ1) is 20.3. The monoisotopic (exact) mass is 381 g/mol. The predicted octanol–water partition coefficient (Wildman–Crippen LogP) is 2.90. The highest BCUT2D eigenvalue weighted by Gasteiger charge is 2.30. The summed E-state index contributed by atoms with van der Waals surface area (Å²) in [5, 5.41) is 5.89. The van der Waals surface area contributed by atoms with E-state index in [1.165, 1.54) is 18.4 Å². The number of nitrogens with zero attached hydrogens (tertiary/aromatic N) is 1. The second kappa shape index (κ2) is 10.8. The van der Waals surface area contributed by atoms with Gasteiger partial charge >= 0.3 is 0 Å². The zero-order valence-corrected chi connectivity index (χ0v) is 16.5. The average molecular weight is 382 g/mol. The molecule has 150 valence electrons. The number of piperazine rings is 1. The van der Waals surface area contributed by atoms with E-state index in [1.54, 1.807) is 0 Å². The van der Waals surface area contributed by atoms with Gasteiger partial charge in [0, 0.05) is 26.2 Å². The lowest BCUT2D eigenvalue weighted by Gasteiger charge is -2.33. The highest BCUT2D eigenvalue weighted by Crippen LogP contribution is 2.19. The van der Waals surface area contributed by atoms with E-state index in [4.69, 9.17) is 0 Å². The van der Waals surface area contributed by atoms with Crippen molar-refractivity contribution in [3.63, 3.8) is 0 Å². The van der Waals surface area contributed by atoms with Crippen LogP contribution in [0.4, 0.5) is 0 Å². The van der Waals surface area contributed by atoms with Gasteiger partial charge in [-0.3, -0.25) is 14.5 Å². The Kier molecular flexibility index (Phi) is 7.85. The quantitative estimate of drug-likeness (QED) is 0.681. The van der Waals surface area contributed by atoms with Gasteiger partial charge in [-0.2, -0.15) is 0 Å². The first-order valence-corrected chi connectivity index (χ1v) is 10.4. The molecule has 1 fully saturated rings. The standard InChI is InChI=1S/C23H31N3O2/c27-22(24-14-13-20-10-5-2-6-11-20)18-21-23(28)25-15-17-26(21)16-7-12-19-8-3-1-4-9-19/h1,3-4,7-10,12,21H,2,5-6,11,13-18H2,(H,24,27)(H,25,28)/b12-7+. The van der Waals surface area contributed by atoms with Crippen molar-refractivity contribution in [3.05, 3.63) is 53.6 Å². The van der Waals surface area contributed by atoms with Crippen molar-refractivity contribution in [2.75, 3.05) is 26.2 Å². The van der Waals surface area contributed by atoms with Crippen LogP contribution in [0.2, 0.25) is 0 Å². The van der Waals surface area contributed by atoms with E-state index < -0.39 is 6.04 Å². The molecule has 1 aliphatic carbocycles. The number of nitrogens with one attached hydrogen (secondary N) is 2. The van der Waals surface area contributed by atoms with Gasteiger partial charge < -0.3 is 10.6 Å². The largest absolute Gasteiger partial charge is 0.356 e. The minimum Gasteiger partial charge on any atom is -0.356 e. The fourth-order valence-electron chi connectivity index (χ4n) is 3.83. The molecule has 28 heavy (non-hydrogen) atoms. The Balaban J connectivity index is 1.47. The Morgan fingerprint density at radius 3 is 2.89 bits per heavy atom. The fourth-order valence-corrected chi connectivity index (χ4v) is 3.83. The number of hydrogen-bond acceptors (Lipinski definition) is 3. The van der Waals surface area contributed by atoms with Gasteiger partial charge in [0.1, 0.15) is 0 Å². The van der Waals surface area contributed by atoms with E-state index in [0.29, 0.717) is 19.6 Å². The minimum absolute atomic E-state index is 0.0458. The normalized spacial score (nSPS) is 20.6. The van der Waals surface area contributed by atoms with Gasteiger partial charge in [0.25, 0.3) is 0 Å². The molecule has 1 unspecified atom stereocenters. The summed E-state index contributed by atoms with van der Waals surface area (Å²) in [6.07, 6.45) is 12.4. The topological polar surface area (TPSA) is 61.4 Å². The Hall–Kier alpha value is -2.40. The number of carbonyl (C=O) groups excluding carboxylic acids is 2. The second-order valence-corrected chi connectivity index (χ2v) is 7.53. The SMILES string of the molecule is O=C(CC1C(=O)NCCN1C/C=C/c1ccccc1)NCCC1=CCCCC1.